The molecule has 2 N–H and O–H groups in total. The molecule has 3 aromatic rings. The fourth-order valence-corrected chi connectivity index (χ4v) is 5.56. The molecule has 4 heterocycles. The Hall–Kier alpha value is -2.73. The Balaban J connectivity index is 1.29. The molecular formula is C25H27IN6O2S. The lowest BCUT2D eigenvalue weighted by molar-refractivity contribution is 0.0265. The van der Waals surface area contributed by atoms with E-state index in [2.05, 4.69) is 72.5 Å². The van der Waals surface area contributed by atoms with Gasteiger partial charge in [-0.05, 0) is 79.1 Å². The number of nitrogens with zero attached hydrogens (tertiary/aromatic N) is 4. The van der Waals surface area contributed by atoms with Crippen LogP contribution < -0.4 is 10.6 Å². The smallest absolute Gasteiger partial charge is 0.410 e. The molecule has 2 aromatic heterocycles. The fourth-order valence-electron chi connectivity index (χ4n) is 4.27. The number of halogens is 1. The number of anilines is 3. The molecule has 10 heteroatoms. The molecule has 1 amide bonds. The lowest BCUT2D eigenvalue weighted by Gasteiger charge is -2.31. The average Bonchev–Trinajstić information content (AvgIpc) is 3.49. The molecule has 0 bridgehead atoms. The molecule has 2 aliphatic rings. The zero-order chi connectivity index (χ0) is 24.6. The van der Waals surface area contributed by atoms with Gasteiger partial charge in [0, 0.05) is 40.5 Å². The highest BCUT2D eigenvalue weighted by atomic mass is 127. The molecule has 0 fully saturated rings. The minimum Gasteiger partial charge on any atom is -0.444 e. The first-order chi connectivity index (χ1) is 16.7. The van der Waals surface area contributed by atoms with Crippen molar-refractivity contribution in [1.82, 2.24) is 19.9 Å². The molecule has 0 spiro atoms. The van der Waals surface area contributed by atoms with Gasteiger partial charge in [-0.3, -0.25) is 4.98 Å². The summed E-state index contributed by atoms with van der Waals surface area (Å²) in [4.78, 5) is 28.5. The molecule has 0 radical (unpaired) electrons. The van der Waals surface area contributed by atoms with Crippen LogP contribution in [0.25, 0.3) is 10.4 Å². The Morgan fingerprint density at radius 2 is 2.14 bits per heavy atom. The number of ether oxygens (including phenoxy) is 1. The number of carbonyl (C=O) groups excluding carboxylic acids is 1. The summed E-state index contributed by atoms with van der Waals surface area (Å²) < 4.78 is 6.65. The van der Waals surface area contributed by atoms with Gasteiger partial charge in [0.1, 0.15) is 23.6 Å². The predicted octanol–water partition coefficient (Wildman–Crippen LogP) is 5.85. The van der Waals surface area contributed by atoms with Crippen molar-refractivity contribution in [1.29, 1.82) is 0 Å². The Morgan fingerprint density at radius 3 is 2.86 bits per heavy atom. The maximum Gasteiger partial charge on any atom is 0.410 e. The van der Waals surface area contributed by atoms with Crippen molar-refractivity contribution in [3.05, 3.63) is 57.0 Å². The van der Waals surface area contributed by atoms with Gasteiger partial charge in [0.2, 0.25) is 0 Å². The Labute approximate surface area is 222 Å². The van der Waals surface area contributed by atoms with E-state index in [0.29, 0.717) is 13.1 Å². The van der Waals surface area contributed by atoms with Crippen molar-refractivity contribution in [2.24, 2.45) is 0 Å². The summed E-state index contributed by atoms with van der Waals surface area (Å²) in [6.45, 7) is 6.87. The van der Waals surface area contributed by atoms with Gasteiger partial charge in [0.25, 0.3) is 0 Å². The van der Waals surface area contributed by atoms with Crippen LogP contribution in [0.5, 0.6) is 0 Å². The first-order valence-corrected chi connectivity index (χ1v) is 13.4. The Morgan fingerprint density at radius 1 is 1.29 bits per heavy atom. The number of aromatic nitrogens is 3. The third-order valence-corrected chi connectivity index (χ3v) is 7.33. The first-order valence-electron chi connectivity index (χ1n) is 11.5. The summed E-state index contributed by atoms with van der Waals surface area (Å²) in [5.41, 5.74) is 5.83. The van der Waals surface area contributed by atoms with E-state index in [-0.39, 0.29) is 12.1 Å². The molecule has 35 heavy (non-hydrogen) atoms. The number of fused-ring (bicyclic) bond motifs is 1. The van der Waals surface area contributed by atoms with Crippen LogP contribution >= 0.6 is 33.9 Å². The molecular weight excluding hydrogens is 575 g/mol. The van der Waals surface area contributed by atoms with Gasteiger partial charge in [0.05, 0.1) is 16.4 Å². The second-order valence-corrected chi connectivity index (χ2v) is 11.8. The number of hydrogen-bond acceptors (Lipinski definition) is 8. The van der Waals surface area contributed by atoms with Gasteiger partial charge >= 0.3 is 6.09 Å². The van der Waals surface area contributed by atoms with E-state index in [9.17, 15) is 4.79 Å². The molecule has 5 rings (SSSR count). The van der Waals surface area contributed by atoms with Crippen molar-refractivity contribution in [3.8, 4) is 10.4 Å². The van der Waals surface area contributed by atoms with Gasteiger partial charge in [-0.15, -0.1) is 11.3 Å². The van der Waals surface area contributed by atoms with E-state index < -0.39 is 5.60 Å². The lowest BCUT2D eigenvalue weighted by atomic mass is 9.97. The zero-order valence-electron chi connectivity index (χ0n) is 19.8. The summed E-state index contributed by atoms with van der Waals surface area (Å²) in [6.07, 6.45) is 6.95. The van der Waals surface area contributed by atoms with Crippen LogP contribution in [0, 0.1) is 3.57 Å². The molecule has 8 nitrogen and oxygen atoms in total. The normalized spacial score (nSPS) is 17.4. The average molecular weight is 603 g/mol. The van der Waals surface area contributed by atoms with Gasteiger partial charge in [-0.1, -0.05) is 6.08 Å². The molecule has 1 unspecified atom stereocenters. The van der Waals surface area contributed by atoms with Gasteiger partial charge < -0.3 is 20.3 Å². The highest BCUT2D eigenvalue weighted by Crippen LogP contribution is 2.35. The van der Waals surface area contributed by atoms with E-state index in [4.69, 9.17) is 4.74 Å². The van der Waals surface area contributed by atoms with Crippen LogP contribution in [0.2, 0.25) is 0 Å². The molecule has 0 saturated heterocycles. The van der Waals surface area contributed by atoms with Crippen LogP contribution in [0.4, 0.5) is 22.1 Å². The first kappa shape index (κ1) is 24.0. The lowest BCUT2D eigenvalue weighted by Crippen LogP contribution is -2.40. The molecule has 182 valence electrons. The van der Waals surface area contributed by atoms with Crippen molar-refractivity contribution >= 4 is 57.3 Å². The minimum atomic E-state index is -0.490. The number of hydrogen-bond donors (Lipinski definition) is 2. The van der Waals surface area contributed by atoms with Gasteiger partial charge in [-0.2, -0.15) is 0 Å². The van der Waals surface area contributed by atoms with Gasteiger partial charge in [-0.25, -0.2) is 14.8 Å². The third kappa shape index (κ3) is 5.58. The molecule has 1 aromatic carbocycles. The van der Waals surface area contributed by atoms with Crippen LogP contribution in [-0.2, 0) is 11.2 Å². The number of carbonyl (C=O) groups is 1. The van der Waals surface area contributed by atoms with Crippen molar-refractivity contribution in [2.45, 2.75) is 45.3 Å². The summed E-state index contributed by atoms with van der Waals surface area (Å²) in [7, 11) is 0. The maximum atomic E-state index is 12.4. The predicted molar refractivity (Wildman–Crippen MR) is 147 cm³/mol. The molecule has 0 aliphatic carbocycles. The second kappa shape index (κ2) is 9.73. The summed E-state index contributed by atoms with van der Waals surface area (Å²) in [5.74, 6) is 1.67. The van der Waals surface area contributed by atoms with Gasteiger partial charge in [0.15, 0.2) is 0 Å². The van der Waals surface area contributed by atoms with E-state index in [1.165, 1.54) is 5.57 Å². The zero-order valence-corrected chi connectivity index (χ0v) is 22.8. The maximum absolute atomic E-state index is 12.4. The van der Waals surface area contributed by atoms with Crippen molar-refractivity contribution in [3.63, 3.8) is 0 Å². The minimum absolute atomic E-state index is 0.145. The highest BCUT2D eigenvalue weighted by molar-refractivity contribution is 14.1. The third-order valence-electron chi connectivity index (χ3n) is 5.89. The largest absolute Gasteiger partial charge is 0.444 e. The number of benzene rings is 1. The van der Waals surface area contributed by atoms with E-state index >= 15 is 0 Å². The Bertz CT molecular complexity index is 1270. The fraction of sp³-hybridized carbons (Fsp3) is 0.360. The summed E-state index contributed by atoms with van der Waals surface area (Å²) in [6, 6.07) is 6.52. The topological polar surface area (TPSA) is 92.3 Å². The van der Waals surface area contributed by atoms with E-state index in [1.807, 2.05) is 32.5 Å². The number of rotatable bonds is 4. The molecule has 2 aliphatic heterocycles. The monoisotopic (exact) mass is 602 g/mol. The number of nitrogens with one attached hydrogen (secondary N) is 2. The molecule has 1 atom stereocenters. The van der Waals surface area contributed by atoms with Crippen LogP contribution in [0.1, 0.15) is 32.8 Å². The SMILES string of the molecule is CC(C)(C)OC(=O)N1CC=C(C2Cc3c(Nc4cc(I)cc(-c5cncs5)c4)ncnc3N2)CC1. The van der Waals surface area contributed by atoms with Crippen molar-refractivity contribution < 1.29 is 9.53 Å². The Kier molecular flexibility index (Phi) is 6.67. The van der Waals surface area contributed by atoms with Crippen LogP contribution in [0.3, 0.4) is 0 Å². The van der Waals surface area contributed by atoms with Crippen LogP contribution in [-0.4, -0.2) is 50.7 Å². The summed E-state index contributed by atoms with van der Waals surface area (Å²) >= 11 is 3.96. The highest BCUT2D eigenvalue weighted by Gasteiger charge is 2.31. The molecule has 0 saturated carbocycles. The number of amides is 1. The standard InChI is InChI=1S/C25H27IN6O2S/c1-25(2,3)34-24(33)32-6-4-15(5-7-32)20-11-19-22(28-13-29-23(19)31-20)30-18-9-16(8-17(26)10-18)21-12-27-14-35-21/h4,8-10,12-14,20H,5-7,11H2,1-3H3,(H2,28,29,30,31). The van der Waals surface area contributed by atoms with E-state index in [1.54, 1.807) is 22.6 Å². The van der Waals surface area contributed by atoms with Crippen LogP contribution in [0.15, 0.2) is 47.9 Å². The quantitative estimate of drug-likeness (QED) is 0.286. The number of thiazole rings is 1. The second-order valence-electron chi connectivity index (χ2n) is 9.63. The van der Waals surface area contributed by atoms with Crippen molar-refractivity contribution in [2.75, 3.05) is 23.7 Å². The van der Waals surface area contributed by atoms with E-state index in [0.717, 1.165) is 49.7 Å². The summed E-state index contributed by atoms with van der Waals surface area (Å²) in [5, 5.41) is 7.07.